The summed E-state index contributed by atoms with van der Waals surface area (Å²) in [6.07, 6.45) is 3.64. The molecule has 0 fully saturated rings. The van der Waals surface area contributed by atoms with E-state index in [2.05, 4.69) is 47.7 Å². The summed E-state index contributed by atoms with van der Waals surface area (Å²) in [5, 5.41) is 0. The van der Waals surface area contributed by atoms with Crippen molar-refractivity contribution in [3.63, 3.8) is 0 Å². The summed E-state index contributed by atoms with van der Waals surface area (Å²) in [5.74, 6) is -0.179. The van der Waals surface area contributed by atoms with Crippen LogP contribution in [0.4, 0.5) is 5.95 Å². The molecule has 0 spiro atoms. The van der Waals surface area contributed by atoms with Crippen molar-refractivity contribution >= 4 is 37.8 Å². The fourth-order valence-corrected chi connectivity index (χ4v) is 4.92. The van der Waals surface area contributed by atoms with Crippen LogP contribution in [-0.4, -0.2) is 30.8 Å². The summed E-state index contributed by atoms with van der Waals surface area (Å²) in [6.45, 7) is 3.47. The monoisotopic (exact) mass is 514 g/mol. The molecule has 1 aromatic heterocycles. The number of rotatable bonds is 6. The molecule has 2 aromatic carbocycles. The van der Waals surface area contributed by atoms with Gasteiger partial charge in [-0.2, -0.15) is 0 Å². The fourth-order valence-electron chi connectivity index (χ4n) is 3.69. The Kier molecular flexibility index (Phi) is 6.57. The average molecular weight is 515 g/mol. The number of sulfonamides is 1. The predicted molar refractivity (Wildman–Crippen MR) is 126 cm³/mol. The first-order chi connectivity index (χ1) is 15.4. The molecular weight excluding hydrogens is 492 g/mol. The Balaban J connectivity index is 1.58. The molecule has 0 saturated heterocycles. The number of nitrogens with zero attached hydrogens (tertiary/aromatic N) is 3. The van der Waals surface area contributed by atoms with E-state index in [-0.39, 0.29) is 10.5 Å². The molecule has 0 saturated carbocycles. The second kappa shape index (κ2) is 9.38. The number of carbonyl (C=O) groups excluding carboxylic acids is 1. The highest BCUT2D eigenvalue weighted by molar-refractivity contribution is 9.10. The van der Waals surface area contributed by atoms with Crippen LogP contribution in [0.25, 0.3) is 0 Å². The van der Waals surface area contributed by atoms with Crippen LogP contribution in [0.5, 0.6) is 0 Å². The second-order valence-corrected chi connectivity index (χ2v) is 10.2. The van der Waals surface area contributed by atoms with Crippen molar-refractivity contribution in [3.8, 4) is 0 Å². The van der Waals surface area contributed by atoms with E-state index >= 15 is 0 Å². The Morgan fingerprint density at radius 3 is 2.56 bits per heavy atom. The van der Waals surface area contributed by atoms with Gasteiger partial charge in [0.2, 0.25) is 5.95 Å². The highest BCUT2D eigenvalue weighted by Crippen LogP contribution is 2.23. The molecule has 2 heterocycles. The van der Waals surface area contributed by atoms with Gasteiger partial charge in [-0.25, -0.2) is 23.1 Å². The smallest absolute Gasteiger partial charge is 0.268 e. The van der Waals surface area contributed by atoms with Gasteiger partial charge in [0, 0.05) is 23.8 Å². The molecule has 166 valence electrons. The second-order valence-electron chi connectivity index (χ2n) is 7.61. The molecule has 7 nitrogen and oxygen atoms in total. The summed E-state index contributed by atoms with van der Waals surface area (Å²) < 4.78 is 28.2. The lowest BCUT2D eigenvalue weighted by atomic mass is 10.0. The van der Waals surface area contributed by atoms with Gasteiger partial charge in [0.1, 0.15) is 0 Å². The zero-order chi connectivity index (χ0) is 22.7. The van der Waals surface area contributed by atoms with Gasteiger partial charge in [0.25, 0.3) is 15.9 Å². The van der Waals surface area contributed by atoms with Crippen LogP contribution in [0.15, 0.2) is 64.1 Å². The quantitative estimate of drug-likeness (QED) is 0.536. The minimum atomic E-state index is -4.01. The number of aromatic nitrogens is 2. The van der Waals surface area contributed by atoms with Gasteiger partial charge >= 0.3 is 0 Å². The zero-order valence-corrected chi connectivity index (χ0v) is 20.0. The number of fused-ring (bicyclic) bond motifs is 1. The highest BCUT2D eigenvalue weighted by atomic mass is 79.9. The molecule has 0 unspecified atom stereocenters. The molecule has 1 aliphatic heterocycles. The number of nitrogens with one attached hydrogen (secondary N) is 1. The molecule has 0 atom stereocenters. The topological polar surface area (TPSA) is 92.3 Å². The summed E-state index contributed by atoms with van der Waals surface area (Å²) in [7, 11) is -4.01. The molecule has 0 bridgehead atoms. The Morgan fingerprint density at radius 1 is 1.12 bits per heavy atom. The predicted octanol–water partition coefficient (Wildman–Crippen LogP) is 3.87. The van der Waals surface area contributed by atoms with E-state index in [4.69, 9.17) is 0 Å². The normalized spacial score (nSPS) is 13.5. The highest BCUT2D eigenvalue weighted by Gasteiger charge is 2.24. The van der Waals surface area contributed by atoms with Crippen LogP contribution >= 0.6 is 15.9 Å². The summed E-state index contributed by atoms with van der Waals surface area (Å²) in [6, 6.07) is 14.4. The SMILES string of the molecule is CCCc1nc(N2CCc3ccccc3C2)ncc1C(=O)NS(=O)(=O)c1ccc(Br)cc1. The number of amides is 1. The number of carbonyl (C=O) groups is 1. The molecule has 1 aliphatic rings. The van der Waals surface area contributed by atoms with Gasteiger partial charge in [0.05, 0.1) is 16.2 Å². The minimum Gasteiger partial charge on any atom is -0.336 e. The molecule has 9 heteroatoms. The lowest BCUT2D eigenvalue weighted by Gasteiger charge is -2.29. The number of hydrogen-bond donors (Lipinski definition) is 1. The van der Waals surface area contributed by atoms with Crippen molar-refractivity contribution < 1.29 is 13.2 Å². The minimum absolute atomic E-state index is 0.00983. The van der Waals surface area contributed by atoms with Crippen LogP contribution in [0.3, 0.4) is 0 Å². The number of benzene rings is 2. The maximum Gasteiger partial charge on any atom is 0.268 e. The van der Waals surface area contributed by atoms with Crippen LogP contribution in [0.1, 0.15) is 40.5 Å². The van der Waals surface area contributed by atoms with Crippen molar-refractivity contribution in [1.82, 2.24) is 14.7 Å². The molecule has 3 aromatic rings. The molecule has 4 rings (SSSR count). The third-order valence-electron chi connectivity index (χ3n) is 5.35. The van der Waals surface area contributed by atoms with Gasteiger partial charge in [-0.05, 0) is 48.2 Å². The maximum atomic E-state index is 12.9. The lowest BCUT2D eigenvalue weighted by molar-refractivity contribution is 0.0979. The van der Waals surface area contributed by atoms with Gasteiger partial charge in [-0.1, -0.05) is 53.5 Å². The molecule has 0 radical (unpaired) electrons. The number of aryl methyl sites for hydroxylation is 1. The third kappa shape index (κ3) is 4.83. The average Bonchev–Trinajstić information content (AvgIpc) is 2.79. The van der Waals surface area contributed by atoms with Crippen LogP contribution in [0, 0.1) is 0 Å². The van der Waals surface area contributed by atoms with Crippen molar-refractivity contribution in [2.24, 2.45) is 0 Å². The van der Waals surface area contributed by atoms with Crippen molar-refractivity contribution in [2.45, 2.75) is 37.6 Å². The van der Waals surface area contributed by atoms with E-state index in [0.717, 1.165) is 23.9 Å². The van der Waals surface area contributed by atoms with Gasteiger partial charge in [-0.15, -0.1) is 0 Å². The van der Waals surface area contributed by atoms with Gasteiger partial charge in [-0.3, -0.25) is 4.79 Å². The fraction of sp³-hybridized carbons (Fsp3) is 0.261. The standard InChI is InChI=1S/C23H23BrN4O3S/c1-2-5-21-20(22(29)27-32(30,31)19-10-8-18(24)9-11-19)14-25-23(26-21)28-13-12-16-6-3-4-7-17(16)15-28/h3-4,6-11,14H,2,5,12-13,15H2,1H3,(H,27,29). The Hall–Kier alpha value is -2.78. The van der Waals surface area contributed by atoms with Crippen molar-refractivity contribution in [1.29, 1.82) is 0 Å². The van der Waals surface area contributed by atoms with E-state index in [1.807, 2.05) is 19.1 Å². The first-order valence-corrected chi connectivity index (χ1v) is 12.7. The van der Waals surface area contributed by atoms with Crippen LogP contribution in [0.2, 0.25) is 0 Å². The van der Waals surface area contributed by atoms with E-state index in [1.54, 1.807) is 12.1 Å². The Labute approximate surface area is 196 Å². The van der Waals surface area contributed by atoms with Gasteiger partial charge < -0.3 is 4.90 Å². The maximum absolute atomic E-state index is 12.9. The molecular formula is C23H23BrN4O3S. The summed E-state index contributed by atoms with van der Waals surface area (Å²) in [5.41, 5.74) is 3.28. The van der Waals surface area contributed by atoms with E-state index in [0.29, 0.717) is 24.6 Å². The van der Waals surface area contributed by atoms with Gasteiger partial charge in [0.15, 0.2) is 0 Å². The molecule has 1 N–H and O–H groups in total. The largest absolute Gasteiger partial charge is 0.336 e. The van der Waals surface area contributed by atoms with Crippen molar-refractivity contribution in [3.05, 3.63) is 81.6 Å². The molecule has 1 amide bonds. The van der Waals surface area contributed by atoms with Crippen LogP contribution < -0.4 is 9.62 Å². The first-order valence-electron chi connectivity index (χ1n) is 10.4. The first kappa shape index (κ1) is 22.4. The molecule has 32 heavy (non-hydrogen) atoms. The number of halogens is 1. The number of hydrogen-bond acceptors (Lipinski definition) is 6. The summed E-state index contributed by atoms with van der Waals surface area (Å²) >= 11 is 3.27. The van der Waals surface area contributed by atoms with E-state index < -0.39 is 15.9 Å². The van der Waals surface area contributed by atoms with Crippen molar-refractivity contribution in [2.75, 3.05) is 11.4 Å². The van der Waals surface area contributed by atoms with E-state index in [1.165, 1.54) is 29.5 Å². The number of anilines is 1. The Bertz CT molecular complexity index is 1250. The zero-order valence-electron chi connectivity index (χ0n) is 17.6. The third-order valence-corrected chi connectivity index (χ3v) is 7.23. The van der Waals surface area contributed by atoms with E-state index in [9.17, 15) is 13.2 Å². The Morgan fingerprint density at radius 2 is 1.84 bits per heavy atom. The molecule has 0 aliphatic carbocycles. The van der Waals surface area contributed by atoms with Crippen LogP contribution in [-0.2, 0) is 29.4 Å². The lowest BCUT2D eigenvalue weighted by Crippen LogP contribution is -2.34. The summed E-state index contributed by atoms with van der Waals surface area (Å²) in [4.78, 5) is 24.0.